The van der Waals surface area contributed by atoms with E-state index in [2.05, 4.69) is 25.5 Å². The zero-order chi connectivity index (χ0) is 17.4. The molecule has 0 bridgehead atoms. The molecule has 4 aromatic rings. The number of aromatic nitrogens is 4. The molecule has 0 amide bonds. The molecule has 128 valence electrons. The van der Waals surface area contributed by atoms with Crippen LogP contribution in [0.4, 0.5) is 5.13 Å². The Bertz CT molecular complexity index is 1070. The number of H-pyrrole nitrogens is 1. The predicted octanol–water partition coefficient (Wildman–Crippen LogP) is 4.46. The van der Waals surface area contributed by atoms with Crippen LogP contribution in [0, 0.1) is 0 Å². The van der Waals surface area contributed by atoms with Crippen molar-refractivity contribution in [3.8, 4) is 10.4 Å². The Morgan fingerprint density at radius 1 is 1.32 bits per heavy atom. The van der Waals surface area contributed by atoms with Crippen molar-refractivity contribution in [1.29, 1.82) is 0 Å². The Morgan fingerprint density at radius 3 is 2.92 bits per heavy atom. The molecule has 1 atom stereocenters. The number of aromatic amines is 1. The number of thioether (sulfide) groups is 1. The fraction of sp³-hybridized carbons (Fsp3) is 0.200. The minimum Gasteiger partial charge on any atom is -0.363 e. The van der Waals surface area contributed by atoms with Crippen LogP contribution < -0.4 is 10.9 Å². The van der Waals surface area contributed by atoms with E-state index >= 15 is 0 Å². The highest BCUT2D eigenvalue weighted by Crippen LogP contribution is 2.37. The smallest absolute Gasteiger partial charge is 0.260 e. The molecule has 0 aromatic carbocycles. The predicted molar refractivity (Wildman–Crippen MR) is 107 cm³/mol. The van der Waals surface area contributed by atoms with Gasteiger partial charge in [0.1, 0.15) is 10.7 Å². The van der Waals surface area contributed by atoms with Crippen molar-refractivity contribution in [3.05, 3.63) is 39.1 Å². The van der Waals surface area contributed by atoms with Gasteiger partial charge in [0.2, 0.25) is 5.13 Å². The summed E-state index contributed by atoms with van der Waals surface area (Å²) in [5.41, 5.74) is 0.865. The van der Waals surface area contributed by atoms with E-state index in [4.69, 9.17) is 0 Å². The van der Waals surface area contributed by atoms with Gasteiger partial charge in [0, 0.05) is 22.9 Å². The van der Waals surface area contributed by atoms with Crippen LogP contribution in [-0.2, 0) is 0 Å². The van der Waals surface area contributed by atoms with Crippen LogP contribution in [0.15, 0.2) is 32.0 Å². The topological polar surface area (TPSA) is 83.6 Å². The van der Waals surface area contributed by atoms with Crippen molar-refractivity contribution in [1.82, 2.24) is 20.2 Å². The maximum atomic E-state index is 12.7. The molecule has 25 heavy (non-hydrogen) atoms. The minimum atomic E-state index is -0.0923. The minimum absolute atomic E-state index is 0.0259. The summed E-state index contributed by atoms with van der Waals surface area (Å²) in [7, 11) is 1.81. The Kier molecular flexibility index (Phi) is 4.59. The van der Waals surface area contributed by atoms with Crippen LogP contribution in [0.25, 0.3) is 20.7 Å². The molecule has 10 heteroatoms. The number of fused-ring (bicyclic) bond motifs is 1. The standard InChI is InChI=1S/C15H13N5OS4/c1-7(24-15-20-19-14(16-2)25-15)11-17-12(21)10-8(6-23-13(10)18-11)9-4-3-5-22-9/h3-7H,1-2H3,(H,16,19)(H,17,18,21)/t7-/m0/s1. The Balaban J connectivity index is 1.68. The number of thiophene rings is 2. The number of nitrogens with zero attached hydrogens (tertiary/aromatic N) is 3. The van der Waals surface area contributed by atoms with Gasteiger partial charge in [-0.3, -0.25) is 4.79 Å². The molecule has 4 heterocycles. The van der Waals surface area contributed by atoms with E-state index in [9.17, 15) is 4.79 Å². The molecule has 4 aromatic heterocycles. The number of nitrogens with one attached hydrogen (secondary N) is 2. The number of rotatable bonds is 5. The molecule has 0 aliphatic rings. The molecule has 0 unspecified atom stereocenters. The van der Waals surface area contributed by atoms with Crippen LogP contribution in [0.3, 0.4) is 0 Å². The molecule has 0 saturated carbocycles. The summed E-state index contributed by atoms with van der Waals surface area (Å²) in [4.78, 5) is 22.1. The van der Waals surface area contributed by atoms with E-state index in [1.54, 1.807) is 11.3 Å². The fourth-order valence-electron chi connectivity index (χ4n) is 2.34. The van der Waals surface area contributed by atoms with Crippen LogP contribution >= 0.6 is 45.8 Å². The first-order valence-corrected chi connectivity index (χ1v) is 10.8. The van der Waals surface area contributed by atoms with Gasteiger partial charge in [-0.05, 0) is 18.4 Å². The summed E-state index contributed by atoms with van der Waals surface area (Å²) in [5, 5.41) is 16.6. The van der Waals surface area contributed by atoms with Gasteiger partial charge < -0.3 is 10.3 Å². The van der Waals surface area contributed by atoms with Gasteiger partial charge in [-0.25, -0.2) is 4.98 Å². The zero-order valence-electron chi connectivity index (χ0n) is 13.3. The third-order valence-corrected chi connectivity index (χ3v) is 7.44. The first-order valence-electron chi connectivity index (χ1n) is 7.39. The third kappa shape index (κ3) is 3.22. The lowest BCUT2D eigenvalue weighted by Crippen LogP contribution is -2.12. The van der Waals surface area contributed by atoms with Crippen molar-refractivity contribution in [2.24, 2.45) is 0 Å². The lowest BCUT2D eigenvalue weighted by Gasteiger charge is -2.08. The normalized spacial score (nSPS) is 12.6. The summed E-state index contributed by atoms with van der Waals surface area (Å²) in [6.45, 7) is 2.00. The van der Waals surface area contributed by atoms with E-state index in [0.717, 1.165) is 24.7 Å². The molecule has 0 saturated heterocycles. The summed E-state index contributed by atoms with van der Waals surface area (Å²) in [5.74, 6) is 0.656. The summed E-state index contributed by atoms with van der Waals surface area (Å²) >= 11 is 6.14. The molecule has 0 aliphatic carbocycles. The van der Waals surface area contributed by atoms with Crippen LogP contribution in [0.5, 0.6) is 0 Å². The molecular formula is C15H13N5OS4. The van der Waals surface area contributed by atoms with Crippen molar-refractivity contribution in [2.75, 3.05) is 12.4 Å². The highest BCUT2D eigenvalue weighted by molar-refractivity contribution is 8.01. The summed E-state index contributed by atoms with van der Waals surface area (Å²) in [6.07, 6.45) is 0. The van der Waals surface area contributed by atoms with Gasteiger partial charge in [-0.2, -0.15) is 0 Å². The van der Waals surface area contributed by atoms with E-state index in [1.165, 1.54) is 34.4 Å². The Morgan fingerprint density at radius 2 is 2.20 bits per heavy atom. The second-order valence-electron chi connectivity index (χ2n) is 5.14. The second-order valence-corrected chi connectivity index (χ2v) is 9.51. The van der Waals surface area contributed by atoms with E-state index in [0.29, 0.717) is 11.2 Å². The van der Waals surface area contributed by atoms with Gasteiger partial charge in [0.15, 0.2) is 4.34 Å². The second kappa shape index (κ2) is 6.87. The molecule has 6 nitrogen and oxygen atoms in total. The van der Waals surface area contributed by atoms with Gasteiger partial charge in [0.25, 0.3) is 5.56 Å². The first kappa shape index (κ1) is 16.7. The molecule has 0 fully saturated rings. The van der Waals surface area contributed by atoms with Crippen LogP contribution in [0.1, 0.15) is 18.0 Å². The SMILES string of the molecule is CNc1nnc(S[C@@H](C)c2nc3scc(-c4cccs4)c3c(=O)[nH]2)s1. The van der Waals surface area contributed by atoms with Crippen molar-refractivity contribution in [2.45, 2.75) is 16.5 Å². The van der Waals surface area contributed by atoms with Crippen molar-refractivity contribution < 1.29 is 0 Å². The van der Waals surface area contributed by atoms with E-state index < -0.39 is 0 Å². The van der Waals surface area contributed by atoms with Crippen LogP contribution in [0.2, 0.25) is 0 Å². The number of anilines is 1. The van der Waals surface area contributed by atoms with E-state index in [-0.39, 0.29) is 10.8 Å². The average molecular weight is 408 g/mol. The highest BCUT2D eigenvalue weighted by Gasteiger charge is 2.18. The lowest BCUT2D eigenvalue weighted by atomic mass is 10.2. The monoisotopic (exact) mass is 407 g/mol. The first-order chi connectivity index (χ1) is 12.2. The number of hydrogen-bond acceptors (Lipinski definition) is 9. The highest BCUT2D eigenvalue weighted by atomic mass is 32.2. The van der Waals surface area contributed by atoms with Gasteiger partial charge in [-0.15, -0.1) is 32.9 Å². The lowest BCUT2D eigenvalue weighted by molar-refractivity contribution is 0.919. The summed E-state index contributed by atoms with van der Waals surface area (Å²) in [6, 6.07) is 4.01. The maximum absolute atomic E-state index is 12.7. The molecule has 0 spiro atoms. The van der Waals surface area contributed by atoms with Crippen LogP contribution in [-0.4, -0.2) is 27.2 Å². The molecule has 0 radical (unpaired) electrons. The average Bonchev–Trinajstić information content (AvgIpc) is 3.34. The third-order valence-electron chi connectivity index (χ3n) is 3.53. The van der Waals surface area contributed by atoms with E-state index in [1.807, 2.05) is 36.9 Å². The number of hydrogen-bond donors (Lipinski definition) is 2. The van der Waals surface area contributed by atoms with Gasteiger partial charge in [-0.1, -0.05) is 29.2 Å². The van der Waals surface area contributed by atoms with Crippen molar-refractivity contribution in [3.63, 3.8) is 0 Å². The summed E-state index contributed by atoms with van der Waals surface area (Å²) < 4.78 is 0.838. The Labute approximate surface area is 159 Å². The molecular weight excluding hydrogens is 394 g/mol. The van der Waals surface area contributed by atoms with Gasteiger partial charge >= 0.3 is 0 Å². The quantitative estimate of drug-likeness (QED) is 0.475. The Hall–Kier alpha value is -1.75. The molecule has 0 aliphatic heterocycles. The zero-order valence-corrected chi connectivity index (χ0v) is 16.5. The largest absolute Gasteiger partial charge is 0.363 e. The van der Waals surface area contributed by atoms with Gasteiger partial charge in [0.05, 0.1) is 10.6 Å². The molecule has 2 N–H and O–H groups in total. The van der Waals surface area contributed by atoms with Crippen molar-refractivity contribution >= 4 is 61.1 Å². The molecule has 4 rings (SSSR count). The maximum Gasteiger partial charge on any atom is 0.260 e. The fourth-order valence-corrected chi connectivity index (χ4v) is 6.01.